The zero-order chi connectivity index (χ0) is 77.4. The molecule has 0 bridgehead atoms. The maximum absolute atomic E-state index is 13.1. The minimum absolute atomic E-state index is 0.0339. The number of unbranched alkanes of at least 4 members (excludes halogenated alkanes) is 20. The highest BCUT2D eigenvalue weighted by Gasteiger charge is 2.30. The molecule has 0 heterocycles. The number of hydrogen-bond acceptors (Lipinski definition) is 15. The zero-order valence-electron chi connectivity index (χ0n) is 65.8. The number of allylic oxidation sites excluding steroid dienone is 28. The topological polar surface area (TPSA) is 237 Å². The van der Waals surface area contributed by atoms with E-state index in [0.717, 1.165) is 193 Å². The number of ether oxygens (including phenoxy) is 4. The number of hydrogen-bond donors (Lipinski definition) is 3. The first-order valence-corrected chi connectivity index (χ1v) is 43.4. The largest absolute Gasteiger partial charge is 0.472 e. The Morgan fingerprint density at radius 3 is 0.783 bits per heavy atom. The van der Waals surface area contributed by atoms with Crippen molar-refractivity contribution in [3.63, 3.8) is 0 Å². The van der Waals surface area contributed by atoms with Gasteiger partial charge in [0.25, 0.3) is 0 Å². The highest BCUT2D eigenvalue weighted by Crippen LogP contribution is 2.45. The predicted octanol–water partition coefficient (Wildman–Crippen LogP) is 23.8. The van der Waals surface area contributed by atoms with Crippen LogP contribution in [0.15, 0.2) is 170 Å². The van der Waals surface area contributed by atoms with E-state index in [2.05, 4.69) is 198 Å². The fourth-order valence-corrected chi connectivity index (χ4v) is 11.7. The quantitative estimate of drug-likeness (QED) is 0.0169. The lowest BCUT2D eigenvalue weighted by Crippen LogP contribution is -2.30. The molecule has 3 N–H and O–H groups in total. The third-order valence-electron chi connectivity index (χ3n) is 16.2. The van der Waals surface area contributed by atoms with Gasteiger partial charge < -0.3 is 33.8 Å². The first-order valence-electron chi connectivity index (χ1n) is 40.4. The minimum atomic E-state index is -5.00. The molecule has 17 nitrogen and oxygen atoms in total. The molecule has 0 saturated carbocycles. The predicted molar refractivity (Wildman–Crippen MR) is 436 cm³/mol. The number of aliphatic hydroxyl groups excluding tert-OH is 1. The van der Waals surface area contributed by atoms with Gasteiger partial charge in [-0.3, -0.25) is 37.3 Å². The van der Waals surface area contributed by atoms with Gasteiger partial charge in [0.05, 0.1) is 26.4 Å². The normalized spacial score (nSPS) is 14.7. The molecule has 0 aromatic carbocycles. The summed E-state index contributed by atoms with van der Waals surface area (Å²) < 4.78 is 68.6. The summed E-state index contributed by atoms with van der Waals surface area (Å²) in [6, 6.07) is 0. The van der Waals surface area contributed by atoms with Gasteiger partial charge in [0.1, 0.15) is 19.3 Å². The third-order valence-corrected chi connectivity index (χ3v) is 18.1. The maximum Gasteiger partial charge on any atom is 0.472 e. The van der Waals surface area contributed by atoms with Gasteiger partial charge in [-0.2, -0.15) is 0 Å². The molecule has 0 fully saturated rings. The van der Waals surface area contributed by atoms with Gasteiger partial charge in [-0.25, -0.2) is 9.13 Å². The van der Waals surface area contributed by atoms with Crippen LogP contribution in [0.25, 0.3) is 0 Å². The Kier molecular flexibility index (Phi) is 73.5. The lowest BCUT2D eigenvalue weighted by atomic mass is 10.1. The van der Waals surface area contributed by atoms with Crippen LogP contribution in [0.3, 0.4) is 0 Å². The van der Waals surface area contributed by atoms with E-state index in [1.165, 1.54) is 19.3 Å². The molecule has 0 aromatic rings. The van der Waals surface area contributed by atoms with Crippen molar-refractivity contribution in [1.29, 1.82) is 0 Å². The number of rotatable bonds is 74. The second-order valence-corrected chi connectivity index (χ2v) is 29.1. The van der Waals surface area contributed by atoms with E-state index >= 15 is 0 Å². The van der Waals surface area contributed by atoms with Gasteiger partial charge in [0.15, 0.2) is 12.2 Å². The molecule has 0 saturated heterocycles. The highest BCUT2D eigenvalue weighted by molar-refractivity contribution is 7.47. The minimum Gasteiger partial charge on any atom is -0.462 e. The van der Waals surface area contributed by atoms with Crippen molar-refractivity contribution in [1.82, 2.24) is 0 Å². The van der Waals surface area contributed by atoms with Crippen LogP contribution in [0.4, 0.5) is 0 Å². The molecular weight excluding hydrogens is 1380 g/mol. The van der Waals surface area contributed by atoms with Gasteiger partial charge in [-0.15, -0.1) is 0 Å². The first kappa shape index (κ1) is 100. The molecule has 0 radical (unpaired) electrons. The van der Waals surface area contributed by atoms with Crippen LogP contribution < -0.4 is 0 Å². The van der Waals surface area contributed by atoms with Crippen molar-refractivity contribution in [3.8, 4) is 0 Å². The number of carbonyl (C=O) groups is 4. The zero-order valence-corrected chi connectivity index (χ0v) is 67.6. The van der Waals surface area contributed by atoms with Gasteiger partial charge >= 0.3 is 39.5 Å². The van der Waals surface area contributed by atoms with E-state index in [9.17, 15) is 43.2 Å². The average Bonchev–Trinajstić information content (AvgIpc) is 0.909. The van der Waals surface area contributed by atoms with Crippen LogP contribution in [0.2, 0.25) is 0 Å². The van der Waals surface area contributed by atoms with Crippen molar-refractivity contribution in [2.75, 3.05) is 39.6 Å². The summed E-state index contributed by atoms with van der Waals surface area (Å²) in [4.78, 5) is 73.1. The molecule has 0 rings (SSSR count). The van der Waals surface area contributed by atoms with Crippen molar-refractivity contribution in [2.24, 2.45) is 0 Å². The number of phosphoric ester groups is 2. The summed E-state index contributed by atoms with van der Waals surface area (Å²) >= 11 is 0. The SMILES string of the molecule is CC/C=C\C/C=C\C/C=C\C/C=C\C/C=C\CCCCCC(=O)OCC(COP(=O)(O)OCC(O)COP(=O)(O)OCC(COC(=O)CCCCCCCCC/C=C\C/C=C\C/C=C\CC)OC(=O)CCCC/C=C\C/C=C\C/C=C\C/C=C\CC)OC(=O)CCCCCCC/C=C\C/C=C\CCCCC. The Bertz CT molecular complexity index is 2680. The van der Waals surface area contributed by atoms with Gasteiger partial charge in [0, 0.05) is 25.7 Å². The summed E-state index contributed by atoms with van der Waals surface area (Å²) in [5.41, 5.74) is 0. The number of carbonyl (C=O) groups excluding carboxylic acids is 4. The lowest BCUT2D eigenvalue weighted by Gasteiger charge is -2.21. The Morgan fingerprint density at radius 1 is 0.274 bits per heavy atom. The van der Waals surface area contributed by atoms with Crippen molar-refractivity contribution in [3.05, 3.63) is 170 Å². The number of phosphoric acid groups is 2. The second-order valence-electron chi connectivity index (χ2n) is 26.2. The summed E-state index contributed by atoms with van der Waals surface area (Å²) in [6.45, 7) is 4.39. The van der Waals surface area contributed by atoms with Crippen LogP contribution in [-0.4, -0.2) is 96.7 Å². The first-order chi connectivity index (χ1) is 51.7. The lowest BCUT2D eigenvalue weighted by molar-refractivity contribution is -0.161. The Labute approximate surface area is 642 Å². The van der Waals surface area contributed by atoms with E-state index in [1.54, 1.807) is 0 Å². The molecule has 19 heteroatoms. The Hall–Kier alpha value is -5.58. The van der Waals surface area contributed by atoms with Crippen molar-refractivity contribution in [2.45, 2.75) is 316 Å². The summed E-state index contributed by atoms with van der Waals surface area (Å²) in [5, 5.41) is 10.7. The molecule has 5 atom stereocenters. The molecule has 0 aliphatic carbocycles. The van der Waals surface area contributed by atoms with Crippen molar-refractivity contribution < 1.29 is 80.2 Å². The third kappa shape index (κ3) is 76.6. The number of aliphatic hydroxyl groups is 1. The van der Waals surface area contributed by atoms with Crippen molar-refractivity contribution >= 4 is 39.5 Å². The standard InChI is InChI=1S/C87H142O17P2/c1-5-9-13-17-21-25-29-33-37-39-40-42-46-48-52-56-60-64-68-72-85(90)98-78-83(104-87(92)74-70-66-62-58-54-50-44-36-32-28-24-20-16-12-8-4)80-102-106(95,96)100-76-81(88)75-99-105(93,94)101-79-82(103-86(91)73-69-65-61-57-53-49-43-35-31-27-23-19-15-11-7-3)77-97-84(89)71-67-63-59-55-51-47-45-41-38-34-30-26-22-18-14-10-6-2/h9-11,13-15,21-28,33-38,40,42-44,48,52-53,57,81-83,88H,5-8,12,16-20,29-32,39,41,45-47,49-51,54-56,58-80H2,1-4H3,(H,93,94)(H,95,96)/b13-9-,14-10-,15-11-,25-21-,26-22-,27-23-,28-24-,37-33-,38-34-,42-40-,43-35-,44-36-,52-48-,57-53-. The molecule has 0 aliphatic rings. The summed E-state index contributed by atoms with van der Waals surface area (Å²) in [7, 11) is -10.0. The fraction of sp³-hybridized carbons (Fsp3) is 0.632. The summed E-state index contributed by atoms with van der Waals surface area (Å²) in [6.07, 6.45) is 91.9. The van der Waals surface area contributed by atoms with Gasteiger partial charge in [-0.05, 0) is 173 Å². The van der Waals surface area contributed by atoms with E-state index in [-0.39, 0.29) is 25.7 Å². The Morgan fingerprint density at radius 2 is 0.491 bits per heavy atom. The van der Waals surface area contributed by atoms with E-state index in [1.807, 2.05) is 0 Å². The maximum atomic E-state index is 13.1. The van der Waals surface area contributed by atoms with Gasteiger partial charge in [-0.1, -0.05) is 268 Å². The van der Waals surface area contributed by atoms with Crippen LogP contribution in [0, 0.1) is 0 Å². The van der Waals surface area contributed by atoms with Crippen LogP contribution in [0.1, 0.15) is 297 Å². The van der Waals surface area contributed by atoms with E-state index in [0.29, 0.717) is 32.1 Å². The Balaban J connectivity index is 5.46. The molecule has 5 unspecified atom stereocenters. The smallest absolute Gasteiger partial charge is 0.462 e. The van der Waals surface area contributed by atoms with Crippen LogP contribution in [-0.2, 0) is 65.4 Å². The van der Waals surface area contributed by atoms with Crippen LogP contribution in [0.5, 0.6) is 0 Å². The highest BCUT2D eigenvalue weighted by atomic mass is 31.2. The second kappa shape index (κ2) is 77.6. The number of esters is 4. The molecular formula is C87H142O17P2. The monoisotopic (exact) mass is 1520 g/mol. The molecule has 0 amide bonds. The van der Waals surface area contributed by atoms with Crippen LogP contribution >= 0.6 is 15.6 Å². The molecule has 0 aliphatic heterocycles. The van der Waals surface area contributed by atoms with Gasteiger partial charge in [0.2, 0.25) is 0 Å². The molecule has 0 spiro atoms. The molecule has 602 valence electrons. The fourth-order valence-electron chi connectivity index (χ4n) is 10.1. The molecule has 0 aromatic heterocycles. The summed E-state index contributed by atoms with van der Waals surface area (Å²) in [5.74, 6) is -2.30. The van der Waals surface area contributed by atoms with E-state index in [4.69, 9.17) is 37.0 Å². The molecule has 106 heavy (non-hydrogen) atoms. The van der Waals surface area contributed by atoms with E-state index < -0.39 is 97.5 Å². The average molecular weight is 1520 g/mol.